The van der Waals surface area contributed by atoms with E-state index in [-0.39, 0.29) is 16.3 Å². The van der Waals surface area contributed by atoms with Gasteiger partial charge < -0.3 is 10.1 Å². The average molecular weight is 346 g/mol. The van der Waals surface area contributed by atoms with Crippen molar-refractivity contribution in [1.29, 1.82) is 0 Å². The molecule has 0 saturated carbocycles. The fourth-order valence-electron chi connectivity index (χ4n) is 1.35. The lowest BCUT2D eigenvalue weighted by atomic mass is 10.2. The Hall–Kier alpha value is -1.87. The first-order chi connectivity index (χ1) is 8.90. The van der Waals surface area contributed by atoms with Crippen LogP contribution in [0.1, 0.15) is 10.4 Å². The third-order valence-electron chi connectivity index (χ3n) is 2.21. The number of aromatic nitrogens is 2. The van der Waals surface area contributed by atoms with Crippen LogP contribution in [-0.2, 0) is 10.0 Å². The van der Waals surface area contributed by atoms with Gasteiger partial charge in [0.15, 0.2) is 5.03 Å². The zero-order chi connectivity index (χ0) is 14.0. The van der Waals surface area contributed by atoms with Gasteiger partial charge in [-0.15, -0.1) is 0 Å². The monoisotopic (exact) mass is 345 g/mol. The number of aromatic carboxylic acids is 1. The van der Waals surface area contributed by atoms with Gasteiger partial charge in [-0.25, -0.2) is 9.78 Å². The molecule has 2 aromatic rings. The van der Waals surface area contributed by atoms with Gasteiger partial charge in [-0.1, -0.05) is 0 Å². The molecule has 100 valence electrons. The van der Waals surface area contributed by atoms with Crippen molar-refractivity contribution in [1.82, 2.24) is 9.97 Å². The van der Waals surface area contributed by atoms with Gasteiger partial charge in [-0.2, -0.15) is 8.42 Å². The lowest BCUT2D eigenvalue weighted by Crippen LogP contribution is -2.13. The first-order valence-corrected chi connectivity index (χ1v) is 7.22. The Labute approximate surface area is 116 Å². The lowest BCUT2D eigenvalue weighted by molar-refractivity contribution is 0.0696. The molecule has 0 saturated heterocycles. The highest BCUT2D eigenvalue weighted by Crippen LogP contribution is 2.22. The zero-order valence-corrected chi connectivity index (χ0v) is 11.7. The fourth-order valence-corrected chi connectivity index (χ4v) is 2.72. The largest absolute Gasteiger partial charge is 0.478 e. The molecule has 7 nitrogen and oxygen atoms in total. The number of hydrogen-bond donors (Lipinski definition) is 3. The molecule has 2 rings (SSSR count). The van der Waals surface area contributed by atoms with Crippen LogP contribution in [0.4, 0.5) is 5.69 Å². The lowest BCUT2D eigenvalue weighted by Gasteiger charge is -2.07. The van der Waals surface area contributed by atoms with E-state index in [1.807, 2.05) is 0 Å². The first-order valence-electron chi connectivity index (χ1n) is 4.94. The zero-order valence-electron chi connectivity index (χ0n) is 9.29. The molecule has 1 heterocycles. The second-order valence-corrected chi connectivity index (χ2v) is 6.03. The molecule has 0 amide bonds. The number of rotatable bonds is 4. The molecule has 0 atom stereocenters. The minimum absolute atomic E-state index is 0.0372. The maximum absolute atomic E-state index is 11.9. The minimum Gasteiger partial charge on any atom is -0.478 e. The van der Waals surface area contributed by atoms with Crippen molar-refractivity contribution in [2.45, 2.75) is 5.03 Å². The molecule has 3 N–H and O–H groups in total. The summed E-state index contributed by atoms with van der Waals surface area (Å²) in [5.74, 6) is -1.16. The number of nitrogens with zero attached hydrogens (tertiary/aromatic N) is 1. The predicted molar refractivity (Wildman–Crippen MR) is 70.5 cm³/mol. The van der Waals surface area contributed by atoms with Crippen LogP contribution in [0.3, 0.4) is 0 Å². The van der Waals surface area contributed by atoms with Crippen LogP contribution in [0.5, 0.6) is 0 Å². The van der Waals surface area contributed by atoms with Gasteiger partial charge in [0.1, 0.15) is 0 Å². The molecule has 0 spiro atoms. The molecule has 0 radical (unpaired) electrons. The molecule has 0 aliphatic rings. The Balaban J connectivity index is 2.35. The number of H-pyrrole nitrogens is 1. The normalized spacial score (nSPS) is 11.2. The van der Waals surface area contributed by atoms with Gasteiger partial charge in [0.2, 0.25) is 0 Å². The van der Waals surface area contributed by atoms with E-state index in [1.54, 1.807) is 0 Å². The molecule has 0 bridgehead atoms. The SMILES string of the molecule is O=C(O)c1cc(NS(=O)(=O)c2cnc[nH]2)ccc1Br. The van der Waals surface area contributed by atoms with Gasteiger partial charge in [0.25, 0.3) is 10.0 Å². The van der Waals surface area contributed by atoms with Crippen LogP contribution >= 0.6 is 15.9 Å². The second kappa shape index (κ2) is 5.02. The molecule has 9 heteroatoms. The molecule has 0 fully saturated rings. The van der Waals surface area contributed by atoms with Crippen molar-refractivity contribution < 1.29 is 18.3 Å². The Morgan fingerprint density at radius 3 is 2.74 bits per heavy atom. The second-order valence-electron chi connectivity index (χ2n) is 3.52. The summed E-state index contributed by atoms with van der Waals surface area (Å²) in [5, 5.41) is 8.84. The van der Waals surface area contributed by atoms with Crippen molar-refractivity contribution in [2.24, 2.45) is 0 Å². The van der Waals surface area contributed by atoms with Crippen LogP contribution < -0.4 is 4.72 Å². The number of sulfonamides is 1. The predicted octanol–water partition coefficient (Wildman–Crippen LogP) is 1.67. The maximum Gasteiger partial charge on any atom is 0.336 e. The van der Waals surface area contributed by atoms with Gasteiger partial charge in [-0.05, 0) is 34.1 Å². The number of nitrogens with one attached hydrogen (secondary N) is 2. The number of carbonyl (C=O) groups is 1. The number of carboxylic acids is 1. The summed E-state index contributed by atoms with van der Waals surface area (Å²) in [4.78, 5) is 17.0. The van der Waals surface area contributed by atoms with E-state index >= 15 is 0 Å². The van der Waals surface area contributed by atoms with Crippen LogP contribution in [0.2, 0.25) is 0 Å². The highest BCUT2D eigenvalue weighted by atomic mass is 79.9. The van der Waals surface area contributed by atoms with E-state index in [4.69, 9.17) is 5.11 Å². The van der Waals surface area contributed by atoms with E-state index in [0.29, 0.717) is 4.47 Å². The smallest absolute Gasteiger partial charge is 0.336 e. The van der Waals surface area contributed by atoms with Crippen molar-refractivity contribution in [2.75, 3.05) is 4.72 Å². The quantitative estimate of drug-likeness (QED) is 0.780. The van der Waals surface area contributed by atoms with E-state index < -0.39 is 16.0 Å². The number of carboxylic acid groups (broad SMARTS) is 1. The summed E-state index contributed by atoms with van der Waals surface area (Å²) in [5.41, 5.74) is 0.111. The highest BCUT2D eigenvalue weighted by Gasteiger charge is 2.17. The highest BCUT2D eigenvalue weighted by molar-refractivity contribution is 9.10. The van der Waals surface area contributed by atoms with Gasteiger partial charge in [0, 0.05) is 10.2 Å². The number of halogens is 1. The molecule has 0 aliphatic heterocycles. The number of hydrogen-bond acceptors (Lipinski definition) is 4. The Morgan fingerprint density at radius 1 is 1.42 bits per heavy atom. The molecule has 19 heavy (non-hydrogen) atoms. The molecular formula is C10H8BrN3O4S. The van der Waals surface area contributed by atoms with Crippen molar-refractivity contribution in [3.05, 3.63) is 40.8 Å². The Bertz CT molecular complexity index is 712. The van der Waals surface area contributed by atoms with E-state index in [2.05, 4.69) is 30.6 Å². The Kier molecular flexibility index (Phi) is 3.58. The molecule has 0 aliphatic carbocycles. The van der Waals surface area contributed by atoms with Gasteiger partial charge in [-0.3, -0.25) is 4.72 Å². The summed E-state index contributed by atoms with van der Waals surface area (Å²) in [6, 6.07) is 4.12. The van der Waals surface area contributed by atoms with E-state index in [0.717, 1.165) is 6.20 Å². The summed E-state index contributed by atoms with van der Waals surface area (Å²) in [7, 11) is -3.80. The number of imidazole rings is 1. The van der Waals surface area contributed by atoms with Crippen LogP contribution in [0, 0.1) is 0 Å². The summed E-state index contributed by atoms with van der Waals surface area (Å²) < 4.78 is 26.4. The third-order valence-corrected chi connectivity index (χ3v) is 4.21. The average Bonchev–Trinajstić information content (AvgIpc) is 2.85. The summed E-state index contributed by atoms with van der Waals surface area (Å²) in [6.45, 7) is 0. The molecule has 1 aromatic carbocycles. The maximum atomic E-state index is 11.9. The summed E-state index contributed by atoms with van der Waals surface area (Å²) >= 11 is 3.08. The Morgan fingerprint density at radius 2 is 2.16 bits per heavy atom. The standard InChI is InChI=1S/C10H8BrN3O4S/c11-8-2-1-6(3-7(8)10(15)16)14-19(17,18)9-4-12-5-13-9/h1-5,14H,(H,12,13)(H,15,16). The summed E-state index contributed by atoms with van der Waals surface area (Å²) in [6.07, 6.45) is 2.39. The van der Waals surface area contributed by atoms with Crippen molar-refractivity contribution >= 4 is 37.6 Å². The molecule has 1 aromatic heterocycles. The van der Waals surface area contributed by atoms with Crippen LogP contribution in [0.15, 0.2) is 40.2 Å². The van der Waals surface area contributed by atoms with Crippen molar-refractivity contribution in [3.8, 4) is 0 Å². The van der Waals surface area contributed by atoms with E-state index in [1.165, 1.54) is 24.5 Å². The fraction of sp³-hybridized carbons (Fsp3) is 0. The van der Waals surface area contributed by atoms with Gasteiger partial charge in [0.05, 0.1) is 18.1 Å². The van der Waals surface area contributed by atoms with Gasteiger partial charge >= 0.3 is 5.97 Å². The molecular weight excluding hydrogens is 338 g/mol. The number of anilines is 1. The van der Waals surface area contributed by atoms with Crippen molar-refractivity contribution in [3.63, 3.8) is 0 Å². The first kappa shape index (κ1) is 13.6. The van der Waals surface area contributed by atoms with Crippen LogP contribution in [-0.4, -0.2) is 29.5 Å². The minimum atomic E-state index is -3.80. The molecule has 0 unspecified atom stereocenters. The van der Waals surface area contributed by atoms with Crippen LogP contribution in [0.25, 0.3) is 0 Å². The number of aromatic amines is 1. The topological polar surface area (TPSA) is 112 Å². The third kappa shape index (κ3) is 2.93. The van der Waals surface area contributed by atoms with E-state index in [9.17, 15) is 13.2 Å². The number of benzene rings is 1.